The first-order valence-corrected chi connectivity index (χ1v) is 7.62. The third-order valence-electron chi connectivity index (χ3n) is 4.19. The van der Waals surface area contributed by atoms with Gasteiger partial charge in [0.2, 0.25) is 0 Å². The molecule has 0 aromatic rings. The van der Waals surface area contributed by atoms with Crippen LogP contribution in [0, 0.1) is 11.8 Å². The lowest BCUT2D eigenvalue weighted by molar-refractivity contribution is 0.329. The van der Waals surface area contributed by atoms with Crippen molar-refractivity contribution < 1.29 is 0 Å². The molecule has 1 fully saturated rings. The maximum Gasteiger partial charge on any atom is 0.00953 e. The van der Waals surface area contributed by atoms with Crippen molar-refractivity contribution in [3.05, 3.63) is 12.7 Å². The fraction of sp³-hybridized carbons (Fsp3) is 0.875. The van der Waals surface area contributed by atoms with Crippen LogP contribution < -0.4 is 5.32 Å². The predicted molar refractivity (Wildman–Crippen MR) is 77.3 cm³/mol. The number of hydrogen-bond acceptors (Lipinski definition) is 1. The molecule has 1 heteroatoms. The van der Waals surface area contributed by atoms with E-state index < -0.39 is 0 Å². The van der Waals surface area contributed by atoms with E-state index in [-0.39, 0.29) is 0 Å². The van der Waals surface area contributed by atoms with Crippen LogP contribution in [-0.2, 0) is 0 Å². The molecule has 1 rings (SSSR count). The van der Waals surface area contributed by atoms with Gasteiger partial charge in [-0.3, -0.25) is 0 Å². The van der Waals surface area contributed by atoms with E-state index in [2.05, 4.69) is 25.7 Å². The van der Waals surface area contributed by atoms with Crippen molar-refractivity contribution in [1.82, 2.24) is 5.32 Å². The molecule has 3 unspecified atom stereocenters. The summed E-state index contributed by atoms with van der Waals surface area (Å²) in [5.74, 6) is 1.91. The summed E-state index contributed by atoms with van der Waals surface area (Å²) in [6.07, 6.45) is 13.0. The Kier molecular flexibility index (Phi) is 7.59. The van der Waals surface area contributed by atoms with E-state index >= 15 is 0 Å². The molecule has 0 aromatic carbocycles. The zero-order chi connectivity index (χ0) is 12.5. The highest BCUT2D eigenvalue weighted by molar-refractivity contribution is 4.83. The summed E-state index contributed by atoms with van der Waals surface area (Å²) in [5, 5.41) is 3.72. The first kappa shape index (κ1) is 14.8. The van der Waals surface area contributed by atoms with Gasteiger partial charge in [-0.1, -0.05) is 39.2 Å². The summed E-state index contributed by atoms with van der Waals surface area (Å²) in [6.45, 7) is 9.56. The van der Waals surface area contributed by atoms with Gasteiger partial charge in [-0.25, -0.2) is 0 Å². The number of allylic oxidation sites excluding steroid dienone is 1. The topological polar surface area (TPSA) is 12.0 Å². The molecule has 0 heterocycles. The van der Waals surface area contributed by atoms with Gasteiger partial charge >= 0.3 is 0 Å². The van der Waals surface area contributed by atoms with Gasteiger partial charge < -0.3 is 5.32 Å². The third-order valence-corrected chi connectivity index (χ3v) is 4.19. The molecular formula is C16H31N. The molecule has 0 aromatic heterocycles. The lowest BCUT2D eigenvalue weighted by Crippen LogP contribution is -2.35. The Balaban J connectivity index is 2.20. The summed E-state index contributed by atoms with van der Waals surface area (Å²) < 4.78 is 0. The van der Waals surface area contributed by atoms with Gasteiger partial charge in [-0.05, 0) is 50.5 Å². The van der Waals surface area contributed by atoms with Crippen molar-refractivity contribution in [1.29, 1.82) is 0 Å². The van der Waals surface area contributed by atoms with Crippen LogP contribution in [0.15, 0.2) is 12.7 Å². The summed E-state index contributed by atoms with van der Waals surface area (Å²) >= 11 is 0. The highest BCUT2D eigenvalue weighted by atomic mass is 14.9. The SMILES string of the molecule is C=CCCCCCC(NCC)C1CCC(C)C1. The van der Waals surface area contributed by atoms with E-state index in [1.54, 1.807) is 0 Å². The van der Waals surface area contributed by atoms with Crippen LogP contribution in [0.5, 0.6) is 0 Å². The van der Waals surface area contributed by atoms with Gasteiger partial charge in [-0.2, -0.15) is 0 Å². The molecule has 3 atom stereocenters. The third kappa shape index (κ3) is 5.72. The maximum atomic E-state index is 3.78. The van der Waals surface area contributed by atoms with E-state index in [1.807, 2.05) is 6.08 Å². The molecule has 1 aliphatic rings. The Bertz CT molecular complexity index is 200. The molecule has 100 valence electrons. The zero-order valence-corrected chi connectivity index (χ0v) is 11.9. The minimum absolute atomic E-state index is 0.786. The van der Waals surface area contributed by atoms with Gasteiger partial charge in [0.15, 0.2) is 0 Å². The van der Waals surface area contributed by atoms with Crippen LogP contribution in [0.1, 0.15) is 65.2 Å². The first-order valence-electron chi connectivity index (χ1n) is 7.62. The Morgan fingerprint density at radius 3 is 2.71 bits per heavy atom. The maximum absolute atomic E-state index is 3.78. The minimum atomic E-state index is 0.786. The molecule has 0 amide bonds. The van der Waals surface area contributed by atoms with Crippen molar-refractivity contribution in [2.45, 2.75) is 71.3 Å². The second-order valence-corrected chi connectivity index (χ2v) is 5.77. The van der Waals surface area contributed by atoms with Crippen LogP contribution in [0.25, 0.3) is 0 Å². The van der Waals surface area contributed by atoms with Crippen molar-refractivity contribution in [3.63, 3.8) is 0 Å². The smallest absolute Gasteiger partial charge is 0.00953 e. The second-order valence-electron chi connectivity index (χ2n) is 5.77. The normalized spacial score (nSPS) is 26.0. The van der Waals surface area contributed by atoms with Crippen molar-refractivity contribution >= 4 is 0 Å². The molecule has 1 nitrogen and oxygen atoms in total. The number of rotatable bonds is 9. The fourth-order valence-electron chi connectivity index (χ4n) is 3.21. The number of nitrogens with one attached hydrogen (secondary N) is 1. The standard InChI is InChI=1S/C16H31N/c1-4-6-7-8-9-10-16(17-5-2)15-12-11-14(3)13-15/h4,14-17H,1,5-13H2,2-3H3. The zero-order valence-electron chi connectivity index (χ0n) is 11.9. The Morgan fingerprint density at radius 2 is 2.12 bits per heavy atom. The van der Waals surface area contributed by atoms with Crippen LogP contribution in [-0.4, -0.2) is 12.6 Å². The van der Waals surface area contributed by atoms with E-state index in [1.165, 1.54) is 51.4 Å². The van der Waals surface area contributed by atoms with Gasteiger partial charge in [0.25, 0.3) is 0 Å². The average molecular weight is 237 g/mol. The van der Waals surface area contributed by atoms with Gasteiger partial charge in [0.05, 0.1) is 0 Å². The van der Waals surface area contributed by atoms with E-state index in [0.29, 0.717) is 0 Å². The molecule has 0 aliphatic heterocycles. The van der Waals surface area contributed by atoms with Gasteiger partial charge in [0, 0.05) is 6.04 Å². The van der Waals surface area contributed by atoms with Crippen LogP contribution in [0.4, 0.5) is 0 Å². The van der Waals surface area contributed by atoms with Gasteiger partial charge in [-0.15, -0.1) is 6.58 Å². The van der Waals surface area contributed by atoms with Crippen molar-refractivity contribution in [3.8, 4) is 0 Å². The Hall–Kier alpha value is -0.300. The average Bonchev–Trinajstić information content (AvgIpc) is 2.74. The summed E-state index contributed by atoms with van der Waals surface area (Å²) in [7, 11) is 0. The first-order chi connectivity index (χ1) is 8.27. The van der Waals surface area contributed by atoms with Gasteiger partial charge in [0.1, 0.15) is 0 Å². The lowest BCUT2D eigenvalue weighted by Gasteiger charge is -2.24. The summed E-state index contributed by atoms with van der Waals surface area (Å²) in [6, 6.07) is 0.786. The van der Waals surface area contributed by atoms with Crippen molar-refractivity contribution in [2.24, 2.45) is 11.8 Å². The Labute approximate surface area is 108 Å². The lowest BCUT2D eigenvalue weighted by atomic mass is 9.92. The monoisotopic (exact) mass is 237 g/mol. The van der Waals surface area contributed by atoms with E-state index in [9.17, 15) is 0 Å². The molecule has 0 bridgehead atoms. The highest BCUT2D eigenvalue weighted by Crippen LogP contribution is 2.34. The fourth-order valence-corrected chi connectivity index (χ4v) is 3.21. The highest BCUT2D eigenvalue weighted by Gasteiger charge is 2.27. The quantitative estimate of drug-likeness (QED) is 0.458. The molecule has 1 saturated carbocycles. The molecule has 0 radical (unpaired) electrons. The van der Waals surface area contributed by atoms with Crippen LogP contribution in [0.2, 0.25) is 0 Å². The van der Waals surface area contributed by atoms with E-state index in [4.69, 9.17) is 0 Å². The van der Waals surface area contributed by atoms with Crippen LogP contribution >= 0.6 is 0 Å². The second kappa shape index (κ2) is 8.74. The molecule has 1 N–H and O–H groups in total. The number of hydrogen-bond donors (Lipinski definition) is 1. The van der Waals surface area contributed by atoms with E-state index in [0.717, 1.165) is 24.4 Å². The molecule has 0 spiro atoms. The molecule has 17 heavy (non-hydrogen) atoms. The number of unbranched alkanes of at least 4 members (excludes halogenated alkanes) is 3. The molecule has 1 aliphatic carbocycles. The predicted octanol–water partition coefficient (Wildman–Crippen LogP) is 4.54. The van der Waals surface area contributed by atoms with Crippen LogP contribution in [0.3, 0.4) is 0 Å². The summed E-state index contributed by atoms with van der Waals surface area (Å²) in [5.41, 5.74) is 0. The summed E-state index contributed by atoms with van der Waals surface area (Å²) in [4.78, 5) is 0. The van der Waals surface area contributed by atoms with Crippen molar-refractivity contribution in [2.75, 3.05) is 6.54 Å². The largest absolute Gasteiger partial charge is 0.314 e. The molecular weight excluding hydrogens is 206 g/mol. The Morgan fingerprint density at radius 1 is 1.29 bits per heavy atom. The minimum Gasteiger partial charge on any atom is -0.314 e. The molecule has 0 saturated heterocycles.